The Morgan fingerprint density at radius 2 is 0.852 bits per heavy atom. The number of hydrogen-bond donors (Lipinski definition) is 0. The van der Waals surface area contributed by atoms with E-state index in [2.05, 4.69) is 214 Å². The molecule has 12 rings (SSSR count). The first-order valence-electron chi connectivity index (χ1n) is 21.4. The van der Waals surface area contributed by atoms with Crippen molar-refractivity contribution in [2.24, 2.45) is 0 Å². The lowest BCUT2D eigenvalue weighted by atomic mass is 9.80. The van der Waals surface area contributed by atoms with Crippen molar-refractivity contribution < 1.29 is 0 Å². The van der Waals surface area contributed by atoms with Crippen LogP contribution in [0, 0.1) is 0 Å². The highest BCUT2D eigenvalue weighted by molar-refractivity contribution is 6.23. The molecule has 0 fully saturated rings. The number of fused-ring (bicyclic) bond motifs is 9. The molecule has 0 aliphatic heterocycles. The molecule has 0 N–H and O–H groups in total. The van der Waals surface area contributed by atoms with E-state index in [1.165, 1.54) is 99.1 Å². The van der Waals surface area contributed by atoms with Crippen LogP contribution in [0.3, 0.4) is 0 Å². The molecule has 2 aliphatic carbocycles. The fourth-order valence-corrected chi connectivity index (χ4v) is 11.0. The normalized spacial score (nSPS) is 14.2. The van der Waals surface area contributed by atoms with Gasteiger partial charge in [0.25, 0.3) is 0 Å². The third-order valence-corrected chi connectivity index (χ3v) is 13.9. The quantitative estimate of drug-likeness (QED) is 0.162. The van der Waals surface area contributed by atoms with Gasteiger partial charge in [0, 0.05) is 28.4 Å². The van der Waals surface area contributed by atoms with Crippen molar-refractivity contribution >= 4 is 49.4 Å². The van der Waals surface area contributed by atoms with Gasteiger partial charge in [-0.05, 0) is 142 Å². The van der Waals surface area contributed by atoms with Crippen LogP contribution in [0.5, 0.6) is 0 Å². The number of nitrogens with zero attached hydrogens (tertiary/aromatic N) is 2. The number of anilines is 3. The van der Waals surface area contributed by atoms with Gasteiger partial charge >= 0.3 is 0 Å². The first-order valence-corrected chi connectivity index (χ1v) is 21.4. The summed E-state index contributed by atoms with van der Waals surface area (Å²) in [5, 5.41) is 7.62. The lowest BCUT2D eigenvalue weighted by Crippen LogP contribution is -2.18. The molecule has 1 heterocycles. The van der Waals surface area contributed by atoms with Gasteiger partial charge in [-0.2, -0.15) is 0 Å². The Morgan fingerprint density at radius 3 is 1.49 bits per heavy atom. The molecule has 2 aliphatic rings. The van der Waals surface area contributed by atoms with Gasteiger partial charge in [-0.1, -0.05) is 167 Å². The molecule has 0 radical (unpaired) electrons. The van der Waals surface area contributed by atoms with Gasteiger partial charge in [-0.3, -0.25) is 4.98 Å². The summed E-state index contributed by atoms with van der Waals surface area (Å²) < 4.78 is 0. The van der Waals surface area contributed by atoms with Crippen LogP contribution in [0.15, 0.2) is 194 Å². The van der Waals surface area contributed by atoms with Crippen LogP contribution in [0.4, 0.5) is 17.1 Å². The zero-order valence-electron chi connectivity index (χ0n) is 34.9. The molecule has 1 aromatic heterocycles. The van der Waals surface area contributed by atoms with E-state index in [1.807, 2.05) is 18.5 Å². The van der Waals surface area contributed by atoms with Crippen molar-refractivity contribution in [3.8, 4) is 44.5 Å². The van der Waals surface area contributed by atoms with E-state index < -0.39 is 0 Å². The zero-order valence-corrected chi connectivity index (χ0v) is 34.9. The number of hydrogen-bond acceptors (Lipinski definition) is 2. The highest BCUT2D eigenvalue weighted by Gasteiger charge is 2.38. The van der Waals surface area contributed by atoms with Crippen LogP contribution >= 0.6 is 0 Å². The summed E-state index contributed by atoms with van der Waals surface area (Å²) in [6.45, 7) is 9.50. The summed E-state index contributed by atoms with van der Waals surface area (Å²) in [4.78, 5) is 6.98. The number of rotatable bonds is 5. The fraction of sp³-hybridized carbons (Fsp3) is 0.102. The second-order valence-electron chi connectivity index (χ2n) is 17.9. The predicted molar refractivity (Wildman–Crippen MR) is 257 cm³/mol. The fourth-order valence-electron chi connectivity index (χ4n) is 11.0. The minimum atomic E-state index is -0.243. The Morgan fingerprint density at radius 1 is 0.361 bits per heavy atom. The lowest BCUT2D eigenvalue weighted by molar-refractivity contribution is 0.660. The summed E-state index contributed by atoms with van der Waals surface area (Å²) in [5.41, 5.74) is 18.7. The minimum absolute atomic E-state index is 0.102. The first-order chi connectivity index (χ1) is 29.8. The highest BCUT2D eigenvalue weighted by atomic mass is 15.1. The van der Waals surface area contributed by atoms with E-state index in [4.69, 9.17) is 0 Å². The van der Waals surface area contributed by atoms with Gasteiger partial charge in [-0.25, -0.2) is 0 Å². The molecular formula is C59H44N2. The van der Waals surface area contributed by atoms with Crippen LogP contribution in [-0.2, 0) is 10.8 Å². The van der Waals surface area contributed by atoms with Crippen LogP contribution in [0.25, 0.3) is 76.8 Å². The number of aromatic nitrogens is 1. The molecule has 0 unspecified atom stereocenters. The van der Waals surface area contributed by atoms with Crippen molar-refractivity contribution in [3.63, 3.8) is 0 Å². The van der Waals surface area contributed by atoms with Crippen molar-refractivity contribution in [3.05, 3.63) is 217 Å². The Bertz CT molecular complexity index is 3360. The molecule has 10 aromatic rings. The van der Waals surface area contributed by atoms with Gasteiger partial charge < -0.3 is 4.90 Å². The van der Waals surface area contributed by atoms with Crippen LogP contribution < -0.4 is 4.90 Å². The van der Waals surface area contributed by atoms with E-state index in [1.54, 1.807) is 0 Å². The Labute approximate surface area is 357 Å². The number of benzene rings is 9. The third kappa shape index (κ3) is 5.18. The maximum atomic E-state index is 4.60. The molecule has 290 valence electrons. The van der Waals surface area contributed by atoms with Crippen LogP contribution in [0.1, 0.15) is 49.9 Å². The van der Waals surface area contributed by atoms with Crippen molar-refractivity contribution in [2.75, 3.05) is 4.90 Å². The Kier molecular flexibility index (Phi) is 7.66. The second kappa shape index (κ2) is 13.1. The zero-order chi connectivity index (χ0) is 41.0. The average Bonchev–Trinajstić information content (AvgIpc) is 3.67. The van der Waals surface area contributed by atoms with E-state index in [0.717, 1.165) is 17.1 Å². The average molecular weight is 781 g/mol. The summed E-state index contributed by atoms with van der Waals surface area (Å²) in [7, 11) is 0. The minimum Gasteiger partial charge on any atom is -0.309 e. The summed E-state index contributed by atoms with van der Waals surface area (Å²) >= 11 is 0. The Balaban J connectivity index is 1.00. The summed E-state index contributed by atoms with van der Waals surface area (Å²) in [6, 6.07) is 67.8. The maximum absolute atomic E-state index is 4.60. The topological polar surface area (TPSA) is 16.1 Å². The molecular weight excluding hydrogens is 737 g/mol. The molecule has 0 amide bonds. The molecule has 0 saturated carbocycles. The third-order valence-electron chi connectivity index (χ3n) is 13.9. The van der Waals surface area contributed by atoms with E-state index >= 15 is 0 Å². The largest absolute Gasteiger partial charge is 0.309 e. The van der Waals surface area contributed by atoms with E-state index in [0.29, 0.717) is 0 Å². The van der Waals surface area contributed by atoms with Gasteiger partial charge in [0.05, 0.1) is 11.9 Å². The van der Waals surface area contributed by atoms with Gasteiger partial charge in [0.1, 0.15) is 0 Å². The standard InChI is InChI=1S/C59H44N2/c1-58(2)52-25-12-11-19-43(52)45-30-27-39(34-54(45)58)61(41-17-14-32-60-36-41)40-28-31-46-44-29-26-38(33-53(44)59(3,4)55(46)35-40)56-48-20-7-9-22-50(48)57(51-23-10-8-21-49(51)56)47-24-13-16-37-15-5-6-18-42(37)47/h5-36H,1-4H3. The van der Waals surface area contributed by atoms with Gasteiger partial charge in [0.2, 0.25) is 0 Å². The molecule has 0 atom stereocenters. The first kappa shape index (κ1) is 35.6. The summed E-state index contributed by atoms with van der Waals surface area (Å²) in [6.07, 6.45) is 3.83. The smallest absolute Gasteiger partial charge is 0.0644 e. The van der Waals surface area contributed by atoms with Gasteiger partial charge in [0.15, 0.2) is 0 Å². The van der Waals surface area contributed by atoms with Crippen LogP contribution in [-0.4, -0.2) is 4.98 Å². The SMILES string of the molecule is CC1(C)c2ccccc2-c2ccc(N(c3cccnc3)c3ccc4c(c3)C(C)(C)c3cc(-c5c6ccccc6c(-c6cccc7ccccc67)c6ccccc56)ccc3-4)cc21. The summed E-state index contributed by atoms with van der Waals surface area (Å²) in [5.74, 6) is 0. The second-order valence-corrected chi connectivity index (χ2v) is 17.9. The highest BCUT2D eigenvalue weighted by Crippen LogP contribution is 2.54. The number of pyridine rings is 1. The van der Waals surface area contributed by atoms with E-state index in [-0.39, 0.29) is 10.8 Å². The monoisotopic (exact) mass is 780 g/mol. The van der Waals surface area contributed by atoms with Gasteiger partial charge in [-0.15, -0.1) is 0 Å². The molecule has 0 spiro atoms. The molecule has 0 bridgehead atoms. The molecule has 61 heavy (non-hydrogen) atoms. The van der Waals surface area contributed by atoms with Crippen LogP contribution in [0.2, 0.25) is 0 Å². The molecule has 0 saturated heterocycles. The molecule has 2 nitrogen and oxygen atoms in total. The van der Waals surface area contributed by atoms with Crippen molar-refractivity contribution in [2.45, 2.75) is 38.5 Å². The molecule has 9 aromatic carbocycles. The predicted octanol–water partition coefficient (Wildman–Crippen LogP) is 16.0. The van der Waals surface area contributed by atoms with E-state index in [9.17, 15) is 0 Å². The van der Waals surface area contributed by atoms with Crippen molar-refractivity contribution in [1.82, 2.24) is 4.98 Å². The Hall–Kier alpha value is -7.29. The lowest BCUT2D eigenvalue weighted by Gasteiger charge is -2.29. The molecule has 2 heteroatoms. The maximum Gasteiger partial charge on any atom is 0.0644 e. The van der Waals surface area contributed by atoms with Crippen molar-refractivity contribution in [1.29, 1.82) is 0 Å².